The van der Waals surface area contributed by atoms with Crippen molar-refractivity contribution in [2.75, 3.05) is 38.1 Å². The van der Waals surface area contributed by atoms with E-state index >= 15 is 0 Å². The Balaban J connectivity index is 1.93. The number of likely N-dealkylation sites (N-methyl/N-ethyl adjacent to an activating group) is 1. The third kappa shape index (κ3) is 4.24. The van der Waals surface area contributed by atoms with Crippen LogP contribution in [0.4, 0.5) is 5.69 Å². The first-order valence-corrected chi connectivity index (χ1v) is 6.89. The van der Waals surface area contributed by atoms with Crippen molar-refractivity contribution in [3.05, 3.63) is 29.8 Å². The minimum absolute atomic E-state index is 0.249. The number of rotatable bonds is 5. The summed E-state index contributed by atoms with van der Waals surface area (Å²) in [7, 11) is 2.15. The zero-order valence-electron chi connectivity index (χ0n) is 11.5. The molecule has 0 saturated carbocycles. The normalized spacial score (nSPS) is 16.6. The summed E-state index contributed by atoms with van der Waals surface area (Å²) < 4.78 is 0. The van der Waals surface area contributed by atoms with Crippen LogP contribution in [0.1, 0.15) is 18.4 Å². The highest BCUT2D eigenvalue weighted by atomic mass is 16.4. The summed E-state index contributed by atoms with van der Waals surface area (Å²) in [5, 5.41) is 8.66. The van der Waals surface area contributed by atoms with E-state index in [-0.39, 0.29) is 6.42 Å². The number of hydrogen-bond donors (Lipinski definition) is 1. The average molecular weight is 262 g/mol. The van der Waals surface area contributed by atoms with Crippen LogP contribution in [0.3, 0.4) is 0 Å². The zero-order chi connectivity index (χ0) is 13.7. The molecule has 1 fully saturated rings. The molecule has 1 aliphatic heterocycles. The first-order valence-electron chi connectivity index (χ1n) is 6.89. The van der Waals surface area contributed by atoms with Crippen LogP contribution in [0, 0.1) is 0 Å². The van der Waals surface area contributed by atoms with Gasteiger partial charge in [0.05, 0.1) is 0 Å². The Bertz CT molecular complexity index is 426. The molecule has 1 saturated heterocycles. The van der Waals surface area contributed by atoms with Crippen molar-refractivity contribution < 1.29 is 9.90 Å². The van der Waals surface area contributed by atoms with E-state index in [4.69, 9.17) is 5.11 Å². The predicted molar refractivity (Wildman–Crippen MR) is 76.7 cm³/mol. The fourth-order valence-electron chi connectivity index (χ4n) is 2.42. The number of piperazine rings is 1. The molecule has 0 aliphatic carbocycles. The largest absolute Gasteiger partial charge is 0.481 e. The van der Waals surface area contributed by atoms with Gasteiger partial charge < -0.3 is 14.9 Å². The Kier molecular flexibility index (Phi) is 4.80. The molecular weight excluding hydrogens is 240 g/mol. The lowest BCUT2D eigenvalue weighted by Crippen LogP contribution is -2.44. The van der Waals surface area contributed by atoms with Gasteiger partial charge in [0.1, 0.15) is 0 Å². The van der Waals surface area contributed by atoms with Crippen LogP contribution in [-0.2, 0) is 11.2 Å². The topological polar surface area (TPSA) is 43.8 Å². The highest BCUT2D eigenvalue weighted by molar-refractivity contribution is 5.66. The van der Waals surface area contributed by atoms with E-state index in [0.717, 1.165) is 32.6 Å². The molecule has 104 valence electrons. The van der Waals surface area contributed by atoms with Gasteiger partial charge in [0.25, 0.3) is 0 Å². The Morgan fingerprint density at radius 3 is 2.68 bits per heavy atom. The fourth-order valence-corrected chi connectivity index (χ4v) is 2.42. The molecule has 1 aromatic carbocycles. The van der Waals surface area contributed by atoms with Gasteiger partial charge in [-0.05, 0) is 37.6 Å². The minimum Gasteiger partial charge on any atom is -0.481 e. The van der Waals surface area contributed by atoms with E-state index in [1.807, 2.05) is 0 Å². The number of hydrogen-bond acceptors (Lipinski definition) is 3. The van der Waals surface area contributed by atoms with Crippen molar-refractivity contribution in [1.29, 1.82) is 0 Å². The van der Waals surface area contributed by atoms with Gasteiger partial charge in [0.15, 0.2) is 0 Å². The van der Waals surface area contributed by atoms with Gasteiger partial charge in [-0.1, -0.05) is 12.1 Å². The predicted octanol–water partition coefficient (Wildman–Crippen LogP) is 1.85. The summed E-state index contributed by atoms with van der Waals surface area (Å²) in [5.74, 6) is -0.713. The summed E-state index contributed by atoms with van der Waals surface area (Å²) in [6.07, 6.45) is 1.80. The van der Waals surface area contributed by atoms with Gasteiger partial charge >= 0.3 is 5.97 Å². The third-order valence-corrected chi connectivity index (χ3v) is 3.64. The highest BCUT2D eigenvalue weighted by Crippen LogP contribution is 2.19. The van der Waals surface area contributed by atoms with Crippen LogP contribution in [0.25, 0.3) is 0 Å². The Hall–Kier alpha value is -1.55. The monoisotopic (exact) mass is 262 g/mol. The smallest absolute Gasteiger partial charge is 0.303 e. The summed E-state index contributed by atoms with van der Waals surface area (Å²) in [4.78, 5) is 15.3. The van der Waals surface area contributed by atoms with E-state index < -0.39 is 5.97 Å². The molecule has 0 aromatic heterocycles. The van der Waals surface area contributed by atoms with Crippen LogP contribution in [-0.4, -0.2) is 49.2 Å². The lowest BCUT2D eigenvalue weighted by atomic mass is 10.1. The van der Waals surface area contributed by atoms with Crippen molar-refractivity contribution in [3.63, 3.8) is 0 Å². The molecule has 0 unspecified atom stereocenters. The highest BCUT2D eigenvalue weighted by Gasteiger charge is 2.14. The summed E-state index contributed by atoms with van der Waals surface area (Å²) in [5.41, 5.74) is 2.50. The molecule has 0 radical (unpaired) electrons. The third-order valence-electron chi connectivity index (χ3n) is 3.64. The van der Waals surface area contributed by atoms with Crippen molar-refractivity contribution in [3.8, 4) is 0 Å². The number of carbonyl (C=O) groups is 1. The second-order valence-corrected chi connectivity index (χ2v) is 5.21. The van der Waals surface area contributed by atoms with Crippen molar-refractivity contribution >= 4 is 11.7 Å². The molecule has 0 bridgehead atoms. The SMILES string of the molecule is CN1CCN(c2cccc(CCCC(=O)O)c2)CC1. The molecule has 1 N–H and O–H groups in total. The van der Waals surface area contributed by atoms with Gasteiger partial charge in [-0.3, -0.25) is 4.79 Å². The van der Waals surface area contributed by atoms with Crippen molar-refractivity contribution in [2.24, 2.45) is 0 Å². The summed E-state index contributed by atoms with van der Waals surface area (Å²) >= 11 is 0. The van der Waals surface area contributed by atoms with Crippen LogP contribution >= 0.6 is 0 Å². The number of carboxylic acids is 1. The van der Waals surface area contributed by atoms with Gasteiger partial charge in [-0.25, -0.2) is 0 Å². The molecular formula is C15H22N2O2. The number of benzene rings is 1. The quantitative estimate of drug-likeness (QED) is 0.879. The van der Waals surface area contributed by atoms with E-state index in [1.54, 1.807) is 0 Å². The molecule has 1 aliphatic rings. The Morgan fingerprint density at radius 1 is 1.26 bits per heavy atom. The zero-order valence-corrected chi connectivity index (χ0v) is 11.5. The Labute approximate surface area is 114 Å². The lowest BCUT2D eigenvalue weighted by molar-refractivity contribution is -0.137. The molecule has 0 atom stereocenters. The number of anilines is 1. The number of aryl methyl sites for hydroxylation is 1. The second-order valence-electron chi connectivity index (χ2n) is 5.21. The molecule has 19 heavy (non-hydrogen) atoms. The maximum atomic E-state index is 10.5. The fraction of sp³-hybridized carbons (Fsp3) is 0.533. The summed E-state index contributed by atoms with van der Waals surface area (Å²) in [6.45, 7) is 4.33. The molecule has 0 amide bonds. The van der Waals surface area contributed by atoms with Crippen molar-refractivity contribution in [1.82, 2.24) is 4.90 Å². The van der Waals surface area contributed by atoms with Gasteiger partial charge in [0, 0.05) is 38.3 Å². The first kappa shape index (κ1) is 13.9. The maximum Gasteiger partial charge on any atom is 0.303 e. The number of nitrogens with zero attached hydrogens (tertiary/aromatic N) is 2. The van der Waals surface area contributed by atoms with E-state index in [1.165, 1.54) is 11.3 Å². The Morgan fingerprint density at radius 2 is 2.00 bits per heavy atom. The number of aliphatic carboxylic acids is 1. The average Bonchev–Trinajstić information content (AvgIpc) is 2.39. The van der Waals surface area contributed by atoms with E-state index in [0.29, 0.717) is 6.42 Å². The van der Waals surface area contributed by atoms with E-state index in [2.05, 4.69) is 41.1 Å². The second kappa shape index (κ2) is 6.57. The summed E-state index contributed by atoms with van der Waals surface area (Å²) in [6, 6.07) is 8.50. The van der Waals surface area contributed by atoms with Crippen LogP contribution in [0.5, 0.6) is 0 Å². The van der Waals surface area contributed by atoms with Crippen LogP contribution in [0.2, 0.25) is 0 Å². The standard InChI is InChI=1S/C15H22N2O2/c1-16-8-10-17(11-9-16)14-6-2-4-13(12-14)5-3-7-15(18)19/h2,4,6,12H,3,5,7-11H2,1H3,(H,18,19). The van der Waals surface area contributed by atoms with Gasteiger partial charge in [0.2, 0.25) is 0 Å². The van der Waals surface area contributed by atoms with Gasteiger partial charge in [-0.15, -0.1) is 0 Å². The van der Waals surface area contributed by atoms with Crippen LogP contribution < -0.4 is 4.90 Å². The van der Waals surface area contributed by atoms with Crippen LogP contribution in [0.15, 0.2) is 24.3 Å². The molecule has 4 heteroatoms. The minimum atomic E-state index is -0.713. The molecule has 1 heterocycles. The van der Waals surface area contributed by atoms with Crippen molar-refractivity contribution in [2.45, 2.75) is 19.3 Å². The van der Waals surface area contributed by atoms with E-state index in [9.17, 15) is 4.79 Å². The first-order chi connectivity index (χ1) is 9.15. The number of carboxylic acid groups (broad SMARTS) is 1. The molecule has 0 spiro atoms. The molecule has 4 nitrogen and oxygen atoms in total. The lowest BCUT2D eigenvalue weighted by Gasteiger charge is -2.34. The van der Waals surface area contributed by atoms with Gasteiger partial charge in [-0.2, -0.15) is 0 Å². The molecule has 1 aromatic rings. The maximum absolute atomic E-state index is 10.5. The molecule has 2 rings (SSSR count).